The molecular formula is C17H25BrIN5S. The number of hydrogen-bond donors (Lipinski definition) is 2. The Labute approximate surface area is 179 Å². The van der Waals surface area contributed by atoms with E-state index in [1.165, 1.54) is 9.37 Å². The molecule has 2 N–H and O–H groups in total. The number of rotatable bonds is 8. The largest absolute Gasteiger partial charge is 0.356 e. The third-order valence-electron chi connectivity index (χ3n) is 3.54. The van der Waals surface area contributed by atoms with Crippen molar-refractivity contribution in [2.24, 2.45) is 12.0 Å². The van der Waals surface area contributed by atoms with Crippen molar-refractivity contribution in [3.05, 3.63) is 46.7 Å². The number of nitrogens with one attached hydrogen (secondary N) is 2. The van der Waals surface area contributed by atoms with Gasteiger partial charge in [-0.05, 0) is 52.7 Å². The summed E-state index contributed by atoms with van der Waals surface area (Å²) >= 11 is 5.47. The van der Waals surface area contributed by atoms with Crippen molar-refractivity contribution in [3.63, 3.8) is 0 Å². The molecule has 0 radical (unpaired) electrons. The minimum Gasteiger partial charge on any atom is -0.356 e. The maximum absolute atomic E-state index is 4.25. The highest BCUT2D eigenvalue weighted by Crippen LogP contribution is 2.27. The number of thioether (sulfide) groups is 1. The Morgan fingerprint density at radius 2 is 2.04 bits per heavy atom. The molecule has 138 valence electrons. The minimum atomic E-state index is 0. The topological polar surface area (TPSA) is 54.2 Å². The van der Waals surface area contributed by atoms with E-state index in [9.17, 15) is 0 Å². The molecule has 0 unspecified atom stereocenters. The summed E-state index contributed by atoms with van der Waals surface area (Å²) in [5, 5.41) is 10.8. The molecule has 0 fully saturated rings. The standard InChI is InChI=1S/C17H24BrN5S.HI/c1-19-17(21-13-14-9-11-22-23(14)2)20-10-5-6-12-24-16-8-4-3-7-15(16)18;/h3-4,7-9,11H,5-6,10,12-13H2,1-2H3,(H2,19,20,21);1H. The number of guanidine groups is 1. The van der Waals surface area contributed by atoms with E-state index in [-0.39, 0.29) is 24.0 Å². The van der Waals surface area contributed by atoms with Crippen LogP contribution in [0.5, 0.6) is 0 Å². The second kappa shape index (κ2) is 12.6. The van der Waals surface area contributed by atoms with Crippen LogP contribution in [0.4, 0.5) is 0 Å². The van der Waals surface area contributed by atoms with Gasteiger partial charge < -0.3 is 10.6 Å². The van der Waals surface area contributed by atoms with Crippen LogP contribution < -0.4 is 10.6 Å². The molecule has 2 rings (SSSR count). The van der Waals surface area contributed by atoms with Crippen LogP contribution in [0, 0.1) is 0 Å². The van der Waals surface area contributed by atoms with Gasteiger partial charge in [-0.3, -0.25) is 9.67 Å². The van der Waals surface area contributed by atoms with Gasteiger partial charge in [-0.15, -0.1) is 35.7 Å². The summed E-state index contributed by atoms with van der Waals surface area (Å²) in [6.07, 6.45) is 4.08. The van der Waals surface area contributed by atoms with Gasteiger partial charge in [-0.25, -0.2) is 0 Å². The van der Waals surface area contributed by atoms with Crippen molar-refractivity contribution in [3.8, 4) is 0 Å². The molecule has 0 atom stereocenters. The molecule has 0 aliphatic heterocycles. The second-order valence-electron chi connectivity index (χ2n) is 5.28. The molecule has 25 heavy (non-hydrogen) atoms. The van der Waals surface area contributed by atoms with E-state index < -0.39 is 0 Å². The zero-order valence-corrected chi connectivity index (χ0v) is 19.3. The highest BCUT2D eigenvalue weighted by molar-refractivity contribution is 14.0. The van der Waals surface area contributed by atoms with Gasteiger partial charge in [-0.1, -0.05) is 12.1 Å². The molecule has 0 bridgehead atoms. The average molecular weight is 538 g/mol. The number of aliphatic imine (C=N–C) groups is 1. The average Bonchev–Trinajstić information content (AvgIpc) is 3.00. The SMILES string of the molecule is CN=C(NCCCCSc1ccccc1Br)NCc1ccnn1C.I. The molecule has 0 aliphatic carbocycles. The Kier molecular flexibility index (Phi) is 11.2. The Hall–Kier alpha value is -0.740. The van der Waals surface area contributed by atoms with Gasteiger partial charge in [0.2, 0.25) is 0 Å². The van der Waals surface area contributed by atoms with E-state index in [1.807, 2.05) is 35.6 Å². The van der Waals surface area contributed by atoms with E-state index in [0.29, 0.717) is 6.54 Å². The molecule has 0 saturated carbocycles. The molecular weight excluding hydrogens is 513 g/mol. The quantitative estimate of drug-likeness (QED) is 0.175. The Bertz CT molecular complexity index is 662. The normalized spacial score (nSPS) is 11.1. The van der Waals surface area contributed by atoms with Gasteiger partial charge >= 0.3 is 0 Å². The summed E-state index contributed by atoms with van der Waals surface area (Å²) in [5.74, 6) is 1.94. The van der Waals surface area contributed by atoms with Gasteiger partial charge in [0.25, 0.3) is 0 Å². The summed E-state index contributed by atoms with van der Waals surface area (Å²) in [7, 11) is 3.73. The monoisotopic (exact) mass is 537 g/mol. The highest BCUT2D eigenvalue weighted by Gasteiger charge is 2.02. The van der Waals surface area contributed by atoms with Gasteiger partial charge in [0.1, 0.15) is 0 Å². The maximum Gasteiger partial charge on any atom is 0.191 e. The molecule has 1 aromatic carbocycles. The van der Waals surface area contributed by atoms with Crippen LogP contribution in [-0.4, -0.2) is 35.1 Å². The minimum absolute atomic E-state index is 0. The number of benzene rings is 1. The van der Waals surface area contributed by atoms with Crippen LogP contribution in [0.25, 0.3) is 0 Å². The molecule has 2 aromatic rings. The lowest BCUT2D eigenvalue weighted by Gasteiger charge is -2.12. The number of aryl methyl sites for hydroxylation is 1. The van der Waals surface area contributed by atoms with Crippen LogP contribution in [0.15, 0.2) is 50.9 Å². The van der Waals surface area contributed by atoms with Gasteiger partial charge in [-0.2, -0.15) is 5.10 Å². The Morgan fingerprint density at radius 1 is 1.24 bits per heavy atom. The van der Waals surface area contributed by atoms with E-state index in [2.05, 4.69) is 54.9 Å². The molecule has 0 saturated heterocycles. The summed E-state index contributed by atoms with van der Waals surface area (Å²) < 4.78 is 3.03. The first-order valence-electron chi connectivity index (χ1n) is 7.99. The smallest absolute Gasteiger partial charge is 0.191 e. The number of aromatic nitrogens is 2. The second-order valence-corrected chi connectivity index (χ2v) is 7.28. The van der Waals surface area contributed by atoms with Crippen molar-refractivity contribution >= 4 is 57.6 Å². The van der Waals surface area contributed by atoms with Crippen molar-refractivity contribution in [1.29, 1.82) is 0 Å². The summed E-state index contributed by atoms with van der Waals surface area (Å²) in [6, 6.07) is 10.4. The summed E-state index contributed by atoms with van der Waals surface area (Å²) in [5.41, 5.74) is 1.13. The Morgan fingerprint density at radius 3 is 2.72 bits per heavy atom. The number of hydrogen-bond acceptors (Lipinski definition) is 3. The molecule has 0 spiro atoms. The van der Waals surface area contributed by atoms with Crippen LogP contribution >= 0.6 is 51.7 Å². The highest BCUT2D eigenvalue weighted by atomic mass is 127. The van der Waals surface area contributed by atoms with E-state index in [1.54, 1.807) is 13.2 Å². The molecule has 5 nitrogen and oxygen atoms in total. The fourth-order valence-electron chi connectivity index (χ4n) is 2.15. The first kappa shape index (κ1) is 22.3. The van der Waals surface area contributed by atoms with Crippen molar-refractivity contribution < 1.29 is 0 Å². The van der Waals surface area contributed by atoms with E-state index in [4.69, 9.17) is 0 Å². The molecule has 8 heteroatoms. The van der Waals surface area contributed by atoms with Crippen molar-refractivity contribution in [2.45, 2.75) is 24.3 Å². The van der Waals surface area contributed by atoms with Crippen LogP contribution in [0.3, 0.4) is 0 Å². The van der Waals surface area contributed by atoms with Gasteiger partial charge in [0.05, 0.1) is 12.2 Å². The third kappa shape index (κ3) is 8.00. The maximum atomic E-state index is 4.25. The first-order valence-corrected chi connectivity index (χ1v) is 9.77. The number of halogens is 2. The zero-order chi connectivity index (χ0) is 17.2. The predicted molar refractivity (Wildman–Crippen MR) is 121 cm³/mol. The molecule has 0 amide bonds. The first-order chi connectivity index (χ1) is 11.7. The van der Waals surface area contributed by atoms with Crippen LogP contribution in [-0.2, 0) is 13.6 Å². The van der Waals surface area contributed by atoms with E-state index >= 15 is 0 Å². The lowest BCUT2D eigenvalue weighted by Crippen LogP contribution is -2.37. The number of unbranched alkanes of at least 4 members (excludes halogenated alkanes) is 1. The lowest BCUT2D eigenvalue weighted by atomic mass is 10.3. The fourth-order valence-corrected chi connectivity index (χ4v) is 3.72. The van der Waals surface area contributed by atoms with Crippen molar-refractivity contribution in [1.82, 2.24) is 20.4 Å². The van der Waals surface area contributed by atoms with E-state index in [0.717, 1.165) is 36.8 Å². The fraction of sp³-hybridized carbons (Fsp3) is 0.412. The predicted octanol–water partition coefficient (Wildman–Crippen LogP) is 4.04. The van der Waals surface area contributed by atoms with Gasteiger partial charge in [0.15, 0.2) is 5.96 Å². The number of nitrogens with zero attached hydrogens (tertiary/aromatic N) is 3. The molecule has 1 aromatic heterocycles. The summed E-state index contributed by atoms with van der Waals surface area (Å²) in [4.78, 5) is 5.55. The van der Waals surface area contributed by atoms with Gasteiger partial charge in [0, 0.05) is 36.2 Å². The molecule has 1 heterocycles. The summed E-state index contributed by atoms with van der Waals surface area (Å²) in [6.45, 7) is 1.63. The third-order valence-corrected chi connectivity index (χ3v) is 5.65. The zero-order valence-electron chi connectivity index (χ0n) is 14.5. The van der Waals surface area contributed by atoms with Crippen LogP contribution in [0.2, 0.25) is 0 Å². The Balaban J connectivity index is 0.00000312. The lowest BCUT2D eigenvalue weighted by molar-refractivity contribution is 0.678. The molecule has 0 aliphatic rings. The van der Waals surface area contributed by atoms with Crippen molar-refractivity contribution in [2.75, 3.05) is 19.3 Å². The van der Waals surface area contributed by atoms with Crippen LogP contribution in [0.1, 0.15) is 18.5 Å².